The summed E-state index contributed by atoms with van der Waals surface area (Å²) in [6.07, 6.45) is 1.59. The molecule has 104 valence electrons. The van der Waals surface area contributed by atoms with E-state index < -0.39 is 0 Å². The van der Waals surface area contributed by atoms with Crippen LogP contribution in [0.5, 0.6) is 0 Å². The lowest BCUT2D eigenvalue weighted by atomic mass is 10.2. The van der Waals surface area contributed by atoms with Crippen LogP contribution in [-0.2, 0) is 4.79 Å². The molecule has 1 aromatic heterocycles. The Hall–Kier alpha value is -2.01. The van der Waals surface area contributed by atoms with Gasteiger partial charge in [0, 0.05) is 5.69 Å². The number of nitrogens with two attached hydrogens (primary N) is 1. The Morgan fingerprint density at radius 3 is 2.70 bits per heavy atom. The first-order valence-electron chi connectivity index (χ1n) is 6.31. The molecular formula is C15H17N3OS. The highest BCUT2D eigenvalue weighted by molar-refractivity contribution is 8.00. The molecule has 2 aromatic rings. The lowest BCUT2D eigenvalue weighted by Crippen LogP contribution is -2.22. The molecule has 1 atom stereocenters. The summed E-state index contributed by atoms with van der Waals surface area (Å²) in [5.74, 6) is -0.0390. The molecule has 0 aliphatic rings. The SMILES string of the molecule is Cc1ccccc1NC(=O)C(C)Sc1ccc(N)cn1. The van der Waals surface area contributed by atoms with Crippen LogP contribution in [0.3, 0.4) is 0 Å². The van der Waals surface area contributed by atoms with Crippen LogP contribution in [0.2, 0.25) is 0 Å². The average molecular weight is 287 g/mol. The molecule has 1 amide bonds. The molecule has 5 heteroatoms. The minimum Gasteiger partial charge on any atom is -0.397 e. The van der Waals surface area contributed by atoms with Gasteiger partial charge in [0.25, 0.3) is 0 Å². The van der Waals surface area contributed by atoms with E-state index in [0.29, 0.717) is 5.69 Å². The van der Waals surface area contributed by atoms with Crippen LogP contribution < -0.4 is 11.1 Å². The van der Waals surface area contributed by atoms with Crippen LogP contribution in [0, 0.1) is 6.92 Å². The minimum absolute atomic E-state index is 0.0390. The first kappa shape index (κ1) is 14.4. The van der Waals surface area contributed by atoms with Gasteiger partial charge >= 0.3 is 0 Å². The smallest absolute Gasteiger partial charge is 0.237 e. The van der Waals surface area contributed by atoms with Gasteiger partial charge in [-0.15, -0.1) is 0 Å². The second kappa shape index (κ2) is 6.43. The molecule has 0 spiro atoms. The predicted molar refractivity (Wildman–Crippen MR) is 83.8 cm³/mol. The number of para-hydroxylation sites is 1. The van der Waals surface area contributed by atoms with E-state index in [-0.39, 0.29) is 11.2 Å². The normalized spacial score (nSPS) is 11.9. The van der Waals surface area contributed by atoms with Gasteiger partial charge in [0.05, 0.1) is 22.2 Å². The number of anilines is 2. The van der Waals surface area contributed by atoms with E-state index in [4.69, 9.17) is 5.73 Å². The number of pyridine rings is 1. The Balaban J connectivity index is 1.99. The summed E-state index contributed by atoms with van der Waals surface area (Å²) in [5.41, 5.74) is 8.09. The number of aromatic nitrogens is 1. The number of hydrogen-bond donors (Lipinski definition) is 2. The van der Waals surface area contributed by atoms with Crippen LogP contribution in [-0.4, -0.2) is 16.1 Å². The zero-order valence-electron chi connectivity index (χ0n) is 11.5. The van der Waals surface area contributed by atoms with Gasteiger partial charge in [0.15, 0.2) is 0 Å². The number of nitrogens with one attached hydrogen (secondary N) is 1. The van der Waals surface area contributed by atoms with E-state index >= 15 is 0 Å². The highest BCUT2D eigenvalue weighted by Gasteiger charge is 2.15. The lowest BCUT2D eigenvalue weighted by Gasteiger charge is -2.13. The zero-order chi connectivity index (χ0) is 14.5. The van der Waals surface area contributed by atoms with Crippen molar-refractivity contribution in [3.8, 4) is 0 Å². The van der Waals surface area contributed by atoms with Crippen molar-refractivity contribution < 1.29 is 4.79 Å². The van der Waals surface area contributed by atoms with Crippen LogP contribution in [0.1, 0.15) is 12.5 Å². The number of aryl methyl sites for hydroxylation is 1. The molecule has 1 aromatic carbocycles. The maximum atomic E-state index is 12.2. The number of carbonyl (C=O) groups is 1. The van der Waals surface area contributed by atoms with Gasteiger partial charge < -0.3 is 11.1 Å². The third-order valence-corrected chi connectivity index (χ3v) is 3.88. The maximum absolute atomic E-state index is 12.2. The molecule has 0 bridgehead atoms. The Bertz CT molecular complexity index is 598. The summed E-state index contributed by atoms with van der Waals surface area (Å²) in [6, 6.07) is 11.3. The number of amides is 1. The molecular weight excluding hydrogens is 270 g/mol. The van der Waals surface area contributed by atoms with E-state index in [0.717, 1.165) is 16.3 Å². The summed E-state index contributed by atoms with van der Waals surface area (Å²) < 4.78 is 0. The molecule has 3 N–H and O–H groups in total. The van der Waals surface area contributed by atoms with Crippen molar-refractivity contribution in [3.63, 3.8) is 0 Å². The largest absolute Gasteiger partial charge is 0.397 e. The molecule has 20 heavy (non-hydrogen) atoms. The Morgan fingerprint density at radius 1 is 1.30 bits per heavy atom. The molecule has 0 fully saturated rings. The standard InChI is InChI=1S/C15H17N3OS/c1-10-5-3-4-6-13(10)18-15(19)11(2)20-14-8-7-12(16)9-17-14/h3-9,11H,16H2,1-2H3,(H,18,19). The molecule has 0 aliphatic carbocycles. The van der Waals surface area contributed by atoms with E-state index in [1.54, 1.807) is 12.3 Å². The van der Waals surface area contributed by atoms with Crippen molar-refractivity contribution in [1.29, 1.82) is 0 Å². The van der Waals surface area contributed by atoms with Crippen molar-refractivity contribution in [3.05, 3.63) is 48.2 Å². The first-order chi connectivity index (χ1) is 9.56. The molecule has 0 saturated heterocycles. The number of carbonyl (C=O) groups excluding carboxylic acids is 1. The second-order valence-corrected chi connectivity index (χ2v) is 5.86. The monoisotopic (exact) mass is 287 g/mol. The summed E-state index contributed by atoms with van der Waals surface area (Å²) in [6.45, 7) is 3.82. The third-order valence-electron chi connectivity index (χ3n) is 2.83. The van der Waals surface area contributed by atoms with Crippen LogP contribution in [0.4, 0.5) is 11.4 Å². The average Bonchev–Trinajstić information content (AvgIpc) is 2.44. The number of thioether (sulfide) groups is 1. The number of hydrogen-bond acceptors (Lipinski definition) is 4. The van der Waals surface area contributed by atoms with Crippen molar-refractivity contribution in [2.75, 3.05) is 11.1 Å². The van der Waals surface area contributed by atoms with Gasteiger partial charge in [0.2, 0.25) is 5.91 Å². The van der Waals surface area contributed by atoms with E-state index in [9.17, 15) is 4.79 Å². The fraction of sp³-hybridized carbons (Fsp3) is 0.200. The molecule has 2 rings (SSSR count). The molecule has 0 saturated carbocycles. The fourth-order valence-electron chi connectivity index (χ4n) is 1.64. The number of rotatable bonds is 4. The maximum Gasteiger partial charge on any atom is 0.237 e. The van der Waals surface area contributed by atoms with Gasteiger partial charge in [-0.1, -0.05) is 30.0 Å². The van der Waals surface area contributed by atoms with Crippen LogP contribution >= 0.6 is 11.8 Å². The quantitative estimate of drug-likeness (QED) is 0.848. The predicted octanol–water partition coefficient (Wildman–Crippen LogP) is 3.09. The van der Waals surface area contributed by atoms with Crippen molar-refractivity contribution in [2.24, 2.45) is 0 Å². The minimum atomic E-state index is -0.231. The van der Waals surface area contributed by atoms with E-state index in [2.05, 4.69) is 10.3 Å². The summed E-state index contributed by atoms with van der Waals surface area (Å²) in [5, 5.41) is 3.48. The lowest BCUT2D eigenvalue weighted by molar-refractivity contribution is -0.115. The Labute approximate surface area is 122 Å². The molecule has 0 radical (unpaired) electrons. The fourth-order valence-corrected chi connectivity index (χ4v) is 2.43. The summed E-state index contributed by atoms with van der Waals surface area (Å²) in [7, 11) is 0. The number of benzene rings is 1. The van der Waals surface area contributed by atoms with Crippen molar-refractivity contribution in [2.45, 2.75) is 24.1 Å². The van der Waals surface area contributed by atoms with Crippen LogP contribution in [0.15, 0.2) is 47.6 Å². The topological polar surface area (TPSA) is 68.0 Å². The summed E-state index contributed by atoms with van der Waals surface area (Å²) >= 11 is 1.41. The molecule has 4 nitrogen and oxygen atoms in total. The van der Waals surface area contributed by atoms with Gasteiger partial charge in [-0.05, 0) is 37.6 Å². The van der Waals surface area contributed by atoms with Gasteiger partial charge in [-0.2, -0.15) is 0 Å². The molecule has 1 unspecified atom stereocenters. The second-order valence-electron chi connectivity index (χ2n) is 4.49. The van der Waals surface area contributed by atoms with Crippen LogP contribution in [0.25, 0.3) is 0 Å². The van der Waals surface area contributed by atoms with Gasteiger partial charge in [-0.25, -0.2) is 4.98 Å². The number of nitrogens with zero attached hydrogens (tertiary/aromatic N) is 1. The molecule has 0 aliphatic heterocycles. The van der Waals surface area contributed by atoms with Gasteiger partial charge in [-0.3, -0.25) is 4.79 Å². The third kappa shape index (κ3) is 3.74. The highest BCUT2D eigenvalue weighted by atomic mass is 32.2. The Kier molecular flexibility index (Phi) is 4.63. The van der Waals surface area contributed by atoms with E-state index in [1.165, 1.54) is 11.8 Å². The Morgan fingerprint density at radius 2 is 2.05 bits per heavy atom. The van der Waals surface area contributed by atoms with Gasteiger partial charge in [0.1, 0.15) is 0 Å². The van der Waals surface area contributed by atoms with Crippen molar-refractivity contribution >= 4 is 29.0 Å². The zero-order valence-corrected chi connectivity index (χ0v) is 12.3. The highest BCUT2D eigenvalue weighted by Crippen LogP contribution is 2.23. The van der Waals surface area contributed by atoms with E-state index in [1.807, 2.05) is 44.2 Å². The first-order valence-corrected chi connectivity index (χ1v) is 7.19. The number of nitrogen functional groups attached to an aromatic ring is 1. The van der Waals surface area contributed by atoms with Crippen molar-refractivity contribution in [1.82, 2.24) is 4.98 Å². The molecule has 1 heterocycles. The summed E-state index contributed by atoms with van der Waals surface area (Å²) in [4.78, 5) is 16.3.